The van der Waals surface area contributed by atoms with Crippen LogP contribution in [0.15, 0.2) is 30.3 Å². The van der Waals surface area contributed by atoms with E-state index in [0.717, 1.165) is 31.7 Å². The fourth-order valence-electron chi connectivity index (χ4n) is 2.84. The van der Waals surface area contributed by atoms with E-state index in [1.807, 2.05) is 6.07 Å². The van der Waals surface area contributed by atoms with Crippen LogP contribution in [0.2, 0.25) is 10.2 Å². The van der Waals surface area contributed by atoms with Crippen molar-refractivity contribution in [3.63, 3.8) is 0 Å². The number of methoxy groups -OCH3 is 1. The van der Waals surface area contributed by atoms with Crippen molar-refractivity contribution >= 4 is 40.6 Å². The molecule has 1 aromatic heterocycles. The fraction of sp³-hybridized carbons (Fsp3) is 0.353. The SMILES string of the molecule is COc1ccc(NC(=O)C2CCN(c3ccc(Cl)nn3)CC2)cc1Cl. The van der Waals surface area contributed by atoms with Gasteiger partial charge in [0.15, 0.2) is 11.0 Å². The van der Waals surface area contributed by atoms with Crippen molar-refractivity contribution in [1.29, 1.82) is 0 Å². The summed E-state index contributed by atoms with van der Waals surface area (Å²) in [4.78, 5) is 14.6. The number of carbonyl (C=O) groups excluding carboxylic acids is 1. The molecule has 0 bridgehead atoms. The van der Waals surface area contributed by atoms with E-state index in [4.69, 9.17) is 27.9 Å². The molecule has 0 saturated carbocycles. The predicted octanol–water partition coefficient (Wildman–Crippen LogP) is 3.65. The van der Waals surface area contributed by atoms with Crippen molar-refractivity contribution < 1.29 is 9.53 Å². The quantitative estimate of drug-likeness (QED) is 0.876. The smallest absolute Gasteiger partial charge is 0.227 e. The third-order valence-electron chi connectivity index (χ3n) is 4.23. The zero-order chi connectivity index (χ0) is 17.8. The van der Waals surface area contributed by atoms with Crippen LogP contribution in [0.1, 0.15) is 12.8 Å². The van der Waals surface area contributed by atoms with E-state index in [2.05, 4.69) is 20.4 Å². The van der Waals surface area contributed by atoms with Gasteiger partial charge in [0, 0.05) is 24.7 Å². The van der Waals surface area contributed by atoms with Gasteiger partial charge in [0.1, 0.15) is 5.75 Å². The summed E-state index contributed by atoms with van der Waals surface area (Å²) in [5, 5.41) is 11.7. The molecule has 25 heavy (non-hydrogen) atoms. The highest BCUT2D eigenvalue weighted by atomic mass is 35.5. The van der Waals surface area contributed by atoms with Crippen molar-refractivity contribution in [3.8, 4) is 5.75 Å². The summed E-state index contributed by atoms with van der Waals surface area (Å²) in [6, 6.07) is 8.77. The Balaban J connectivity index is 1.56. The van der Waals surface area contributed by atoms with E-state index in [1.54, 1.807) is 31.4 Å². The van der Waals surface area contributed by atoms with Gasteiger partial charge in [-0.25, -0.2) is 0 Å². The lowest BCUT2D eigenvalue weighted by Crippen LogP contribution is -2.38. The highest BCUT2D eigenvalue weighted by Crippen LogP contribution is 2.28. The van der Waals surface area contributed by atoms with E-state index in [9.17, 15) is 4.79 Å². The van der Waals surface area contributed by atoms with Crippen LogP contribution < -0.4 is 15.0 Å². The molecule has 3 rings (SSSR count). The number of carbonyl (C=O) groups is 1. The van der Waals surface area contributed by atoms with Gasteiger partial charge in [-0.15, -0.1) is 10.2 Å². The lowest BCUT2D eigenvalue weighted by Gasteiger charge is -2.31. The number of nitrogens with one attached hydrogen (secondary N) is 1. The topological polar surface area (TPSA) is 67.3 Å². The Kier molecular flexibility index (Phi) is 5.60. The maximum atomic E-state index is 12.5. The maximum absolute atomic E-state index is 12.5. The lowest BCUT2D eigenvalue weighted by molar-refractivity contribution is -0.120. The Morgan fingerprint density at radius 3 is 2.56 bits per heavy atom. The first-order valence-corrected chi connectivity index (χ1v) is 8.71. The third kappa shape index (κ3) is 4.32. The number of hydrogen-bond acceptors (Lipinski definition) is 5. The molecule has 1 N–H and O–H groups in total. The summed E-state index contributed by atoms with van der Waals surface area (Å²) in [5.74, 6) is 1.32. The highest BCUT2D eigenvalue weighted by Gasteiger charge is 2.26. The molecule has 0 radical (unpaired) electrons. The number of benzene rings is 1. The number of hydrogen-bond donors (Lipinski definition) is 1. The van der Waals surface area contributed by atoms with Crippen LogP contribution in [0, 0.1) is 5.92 Å². The third-order valence-corrected chi connectivity index (χ3v) is 4.72. The summed E-state index contributed by atoms with van der Waals surface area (Å²) in [7, 11) is 1.55. The van der Waals surface area contributed by atoms with E-state index in [0.29, 0.717) is 21.6 Å². The number of rotatable bonds is 4. The molecule has 0 atom stereocenters. The molecule has 132 valence electrons. The van der Waals surface area contributed by atoms with Gasteiger partial charge in [-0.2, -0.15) is 0 Å². The summed E-state index contributed by atoms with van der Waals surface area (Å²) in [6.45, 7) is 1.50. The summed E-state index contributed by atoms with van der Waals surface area (Å²) in [5.41, 5.74) is 0.668. The Morgan fingerprint density at radius 2 is 1.96 bits per heavy atom. The zero-order valence-electron chi connectivity index (χ0n) is 13.7. The van der Waals surface area contributed by atoms with Crippen LogP contribution in [0.5, 0.6) is 5.75 Å². The van der Waals surface area contributed by atoms with Gasteiger partial charge in [0.25, 0.3) is 0 Å². The van der Waals surface area contributed by atoms with Gasteiger partial charge in [-0.1, -0.05) is 23.2 Å². The van der Waals surface area contributed by atoms with Gasteiger partial charge in [-0.3, -0.25) is 4.79 Å². The van der Waals surface area contributed by atoms with Gasteiger partial charge in [-0.05, 0) is 43.2 Å². The molecule has 6 nitrogen and oxygen atoms in total. The molecule has 1 fully saturated rings. The number of aromatic nitrogens is 2. The fourth-order valence-corrected chi connectivity index (χ4v) is 3.20. The molecule has 1 aliphatic rings. The van der Waals surface area contributed by atoms with Gasteiger partial charge >= 0.3 is 0 Å². The molecular weight excluding hydrogens is 363 g/mol. The average Bonchev–Trinajstić information content (AvgIpc) is 2.63. The van der Waals surface area contributed by atoms with Crippen LogP contribution in [0.3, 0.4) is 0 Å². The first kappa shape index (κ1) is 17.8. The number of nitrogens with zero attached hydrogens (tertiary/aromatic N) is 3. The number of ether oxygens (including phenoxy) is 1. The monoisotopic (exact) mass is 380 g/mol. The Bertz CT molecular complexity index is 747. The standard InChI is InChI=1S/C17H18Cl2N4O2/c1-25-14-3-2-12(10-13(14)18)20-17(24)11-6-8-23(9-7-11)16-5-4-15(19)21-22-16/h2-5,10-11H,6-9H2,1H3,(H,20,24). The number of amides is 1. The number of piperidine rings is 1. The summed E-state index contributed by atoms with van der Waals surface area (Å²) in [6.07, 6.45) is 1.50. The molecule has 0 unspecified atom stereocenters. The van der Waals surface area contributed by atoms with Crippen LogP contribution in [-0.4, -0.2) is 36.3 Å². The van der Waals surface area contributed by atoms with E-state index in [1.165, 1.54) is 0 Å². The minimum absolute atomic E-state index is 0.00285. The minimum Gasteiger partial charge on any atom is -0.495 e. The molecule has 2 heterocycles. The summed E-state index contributed by atoms with van der Waals surface area (Å²) < 4.78 is 5.11. The molecule has 0 aliphatic carbocycles. The Hall–Kier alpha value is -2.05. The average molecular weight is 381 g/mol. The van der Waals surface area contributed by atoms with E-state index in [-0.39, 0.29) is 11.8 Å². The van der Waals surface area contributed by atoms with Crippen molar-refractivity contribution in [2.24, 2.45) is 5.92 Å². The Labute approximate surface area is 156 Å². The molecule has 8 heteroatoms. The molecule has 2 aromatic rings. The first-order chi connectivity index (χ1) is 12.1. The van der Waals surface area contributed by atoms with Crippen LogP contribution in [0.25, 0.3) is 0 Å². The van der Waals surface area contributed by atoms with Crippen molar-refractivity contribution in [1.82, 2.24) is 10.2 Å². The van der Waals surface area contributed by atoms with Gasteiger partial charge < -0.3 is 15.0 Å². The Morgan fingerprint density at radius 1 is 1.20 bits per heavy atom. The first-order valence-electron chi connectivity index (χ1n) is 7.95. The number of halogens is 2. The highest BCUT2D eigenvalue weighted by molar-refractivity contribution is 6.32. The largest absolute Gasteiger partial charge is 0.495 e. The number of anilines is 2. The molecule has 0 spiro atoms. The molecular formula is C17H18Cl2N4O2. The zero-order valence-corrected chi connectivity index (χ0v) is 15.2. The minimum atomic E-state index is -0.0441. The molecule has 1 aliphatic heterocycles. The van der Waals surface area contributed by atoms with Crippen molar-refractivity contribution in [2.75, 3.05) is 30.4 Å². The molecule has 1 amide bonds. The van der Waals surface area contributed by atoms with Crippen molar-refractivity contribution in [3.05, 3.63) is 40.5 Å². The lowest BCUT2D eigenvalue weighted by atomic mass is 9.96. The summed E-state index contributed by atoms with van der Waals surface area (Å²) >= 11 is 11.9. The van der Waals surface area contributed by atoms with Crippen LogP contribution >= 0.6 is 23.2 Å². The van der Waals surface area contributed by atoms with E-state index < -0.39 is 0 Å². The second-order valence-corrected chi connectivity index (χ2v) is 6.61. The molecule has 1 aromatic carbocycles. The van der Waals surface area contributed by atoms with Crippen molar-refractivity contribution in [2.45, 2.75) is 12.8 Å². The second kappa shape index (κ2) is 7.89. The normalized spacial score (nSPS) is 15.1. The second-order valence-electron chi connectivity index (χ2n) is 5.81. The van der Waals surface area contributed by atoms with E-state index >= 15 is 0 Å². The van der Waals surface area contributed by atoms with Crippen LogP contribution in [0.4, 0.5) is 11.5 Å². The predicted molar refractivity (Wildman–Crippen MR) is 98.6 cm³/mol. The molecule has 1 saturated heterocycles. The maximum Gasteiger partial charge on any atom is 0.227 e. The van der Waals surface area contributed by atoms with Gasteiger partial charge in [0.2, 0.25) is 5.91 Å². The van der Waals surface area contributed by atoms with Crippen LogP contribution in [-0.2, 0) is 4.79 Å². The van der Waals surface area contributed by atoms with Gasteiger partial charge in [0.05, 0.1) is 12.1 Å².